The highest BCUT2D eigenvalue weighted by molar-refractivity contribution is 7.92. The van der Waals surface area contributed by atoms with Gasteiger partial charge in [-0.1, -0.05) is 41.9 Å². The lowest BCUT2D eigenvalue weighted by Crippen LogP contribution is -2.49. The third-order valence-electron chi connectivity index (χ3n) is 5.68. The van der Waals surface area contributed by atoms with Crippen LogP contribution in [0.3, 0.4) is 0 Å². The lowest BCUT2D eigenvalue weighted by atomic mass is 10.1. The maximum Gasteiger partial charge on any atom is 0.242 e. The minimum Gasteiger partial charge on any atom is -0.352 e. The minimum absolute atomic E-state index is 0.0666. The number of anilines is 1. The molecule has 2 amide bonds. The average Bonchev–Trinajstić information content (AvgIpc) is 2.76. The fraction of sp³-hybridized carbons (Fsp3) is 0.462. The van der Waals surface area contributed by atoms with Gasteiger partial charge in [-0.2, -0.15) is 0 Å². The molecule has 0 fully saturated rings. The fourth-order valence-corrected chi connectivity index (χ4v) is 4.98. The standard InChI is InChI=1S/C26H36ClN3O4S/c1-18(2)28-26(32)21(5)29(17-22-10-7-8-11-23(22)27)25(31)12-9-15-30(35(6,33)34)24-16-19(3)13-14-20(24)4/h7-8,10-11,13-14,16,18,21H,9,12,15,17H2,1-6H3,(H,28,32). The summed E-state index contributed by atoms with van der Waals surface area (Å²) in [5.41, 5.74) is 3.13. The zero-order valence-electron chi connectivity index (χ0n) is 21.3. The van der Waals surface area contributed by atoms with Gasteiger partial charge in [0.05, 0.1) is 11.9 Å². The zero-order chi connectivity index (χ0) is 26.3. The smallest absolute Gasteiger partial charge is 0.242 e. The van der Waals surface area contributed by atoms with E-state index >= 15 is 0 Å². The molecule has 2 aromatic rings. The van der Waals surface area contributed by atoms with Crippen LogP contribution in [0.15, 0.2) is 42.5 Å². The molecule has 192 valence electrons. The van der Waals surface area contributed by atoms with Crippen LogP contribution in [-0.4, -0.2) is 50.0 Å². The van der Waals surface area contributed by atoms with Crippen molar-refractivity contribution in [1.82, 2.24) is 10.2 Å². The molecule has 1 N–H and O–H groups in total. The van der Waals surface area contributed by atoms with Crippen molar-refractivity contribution in [3.63, 3.8) is 0 Å². The van der Waals surface area contributed by atoms with E-state index in [9.17, 15) is 18.0 Å². The number of halogens is 1. The molecule has 0 aliphatic heterocycles. The van der Waals surface area contributed by atoms with E-state index in [0.29, 0.717) is 17.1 Å². The summed E-state index contributed by atoms with van der Waals surface area (Å²) < 4.78 is 26.4. The van der Waals surface area contributed by atoms with E-state index in [1.165, 1.54) is 15.5 Å². The molecule has 0 saturated carbocycles. The predicted octanol–water partition coefficient (Wildman–Crippen LogP) is 4.44. The van der Waals surface area contributed by atoms with Crippen LogP contribution in [0, 0.1) is 13.8 Å². The van der Waals surface area contributed by atoms with Crippen LogP contribution >= 0.6 is 11.6 Å². The summed E-state index contributed by atoms with van der Waals surface area (Å²) in [5, 5.41) is 3.37. The predicted molar refractivity (Wildman–Crippen MR) is 142 cm³/mol. The van der Waals surface area contributed by atoms with Crippen LogP contribution in [0.25, 0.3) is 0 Å². The number of sulfonamides is 1. The number of rotatable bonds is 11. The van der Waals surface area contributed by atoms with Crippen molar-refractivity contribution < 1.29 is 18.0 Å². The molecule has 0 radical (unpaired) electrons. The first kappa shape index (κ1) is 28.7. The third kappa shape index (κ3) is 8.25. The van der Waals surface area contributed by atoms with Gasteiger partial charge in [0.25, 0.3) is 0 Å². The van der Waals surface area contributed by atoms with Gasteiger partial charge in [-0.15, -0.1) is 0 Å². The summed E-state index contributed by atoms with van der Waals surface area (Å²) in [7, 11) is -3.55. The van der Waals surface area contributed by atoms with Gasteiger partial charge in [0.1, 0.15) is 6.04 Å². The summed E-state index contributed by atoms with van der Waals surface area (Å²) in [6.45, 7) is 9.50. The molecule has 0 saturated heterocycles. The van der Waals surface area contributed by atoms with E-state index < -0.39 is 16.1 Å². The first-order valence-corrected chi connectivity index (χ1v) is 13.9. The third-order valence-corrected chi connectivity index (χ3v) is 7.23. The normalized spacial score (nSPS) is 12.3. The lowest BCUT2D eigenvalue weighted by molar-refractivity contribution is -0.140. The first-order chi connectivity index (χ1) is 16.3. The highest BCUT2D eigenvalue weighted by atomic mass is 35.5. The second-order valence-electron chi connectivity index (χ2n) is 9.18. The fourth-order valence-electron chi connectivity index (χ4n) is 3.77. The Bertz CT molecular complexity index is 1150. The number of benzene rings is 2. The Morgan fingerprint density at radius 1 is 1.06 bits per heavy atom. The topological polar surface area (TPSA) is 86.8 Å². The second kappa shape index (κ2) is 12.4. The molecular weight excluding hydrogens is 486 g/mol. The van der Waals surface area contributed by atoms with Gasteiger partial charge in [-0.25, -0.2) is 8.42 Å². The van der Waals surface area contributed by atoms with E-state index in [1.807, 2.05) is 58.0 Å². The number of carbonyl (C=O) groups excluding carboxylic acids is 2. The Morgan fingerprint density at radius 2 is 1.71 bits per heavy atom. The van der Waals surface area contributed by atoms with E-state index in [-0.39, 0.29) is 37.4 Å². The molecule has 0 aliphatic rings. The van der Waals surface area contributed by atoms with Crippen molar-refractivity contribution >= 4 is 39.1 Å². The van der Waals surface area contributed by atoms with Gasteiger partial charge >= 0.3 is 0 Å². The van der Waals surface area contributed by atoms with Gasteiger partial charge in [0, 0.05) is 30.6 Å². The lowest BCUT2D eigenvalue weighted by Gasteiger charge is -2.30. The number of nitrogens with zero attached hydrogens (tertiary/aromatic N) is 2. The Hall–Kier alpha value is -2.58. The van der Waals surface area contributed by atoms with Crippen LogP contribution in [0.1, 0.15) is 50.3 Å². The van der Waals surface area contributed by atoms with E-state index in [0.717, 1.165) is 16.7 Å². The molecule has 0 spiro atoms. The first-order valence-electron chi connectivity index (χ1n) is 11.7. The van der Waals surface area contributed by atoms with Crippen molar-refractivity contribution in [2.75, 3.05) is 17.1 Å². The molecule has 0 bridgehead atoms. The zero-order valence-corrected chi connectivity index (χ0v) is 22.9. The van der Waals surface area contributed by atoms with E-state index in [2.05, 4.69) is 5.32 Å². The van der Waals surface area contributed by atoms with Crippen LogP contribution in [-0.2, 0) is 26.2 Å². The number of carbonyl (C=O) groups is 2. The molecule has 2 aromatic carbocycles. The average molecular weight is 522 g/mol. The second-order valence-corrected chi connectivity index (χ2v) is 11.5. The summed E-state index contributed by atoms with van der Waals surface area (Å²) in [6.07, 6.45) is 1.55. The monoisotopic (exact) mass is 521 g/mol. The minimum atomic E-state index is -3.55. The molecule has 7 nitrogen and oxygen atoms in total. The Kier molecular flexibility index (Phi) is 10.2. The maximum absolute atomic E-state index is 13.3. The van der Waals surface area contributed by atoms with Crippen molar-refractivity contribution in [2.45, 2.75) is 66.1 Å². The summed E-state index contributed by atoms with van der Waals surface area (Å²) in [4.78, 5) is 27.5. The van der Waals surface area contributed by atoms with E-state index in [4.69, 9.17) is 11.6 Å². The SMILES string of the molecule is Cc1ccc(C)c(N(CCCC(=O)N(Cc2ccccc2Cl)C(C)C(=O)NC(C)C)S(C)(=O)=O)c1. The molecule has 0 heterocycles. The van der Waals surface area contributed by atoms with Gasteiger partial charge < -0.3 is 10.2 Å². The summed E-state index contributed by atoms with van der Waals surface area (Å²) in [5.74, 6) is -0.501. The van der Waals surface area contributed by atoms with Gasteiger partial charge in [-0.05, 0) is 69.9 Å². The largest absolute Gasteiger partial charge is 0.352 e. The van der Waals surface area contributed by atoms with Crippen LogP contribution < -0.4 is 9.62 Å². The number of hydrogen-bond donors (Lipinski definition) is 1. The summed E-state index contributed by atoms with van der Waals surface area (Å²) in [6, 6.07) is 12.1. The molecule has 35 heavy (non-hydrogen) atoms. The van der Waals surface area contributed by atoms with Crippen molar-refractivity contribution in [2.24, 2.45) is 0 Å². The molecular formula is C26H36ClN3O4S. The number of nitrogens with one attached hydrogen (secondary N) is 1. The van der Waals surface area contributed by atoms with Gasteiger partial charge in [0.2, 0.25) is 21.8 Å². The molecule has 1 unspecified atom stereocenters. The molecule has 2 rings (SSSR count). The Balaban J connectivity index is 2.22. The van der Waals surface area contributed by atoms with Crippen molar-refractivity contribution in [3.05, 3.63) is 64.2 Å². The number of hydrogen-bond acceptors (Lipinski definition) is 4. The molecule has 9 heteroatoms. The van der Waals surface area contributed by atoms with Crippen LogP contribution in [0.5, 0.6) is 0 Å². The highest BCUT2D eigenvalue weighted by Crippen LogP contribution is 2.25. The quantitative estimate of drug-likeness (QED) is 0.473. The Morgan fingerprint density at radius 3 is 2.31 bits per heavy atom. The van der Waals surface area contributed by atoms with Crippen molar-refractivity contribution in [1.29, 1.82) is 0 Å². The highest BCUT2D eigenvalue weighted by Gasteiger charge is 2.27. The van der Waals surface area contributed by atoms with E-state index in [1.54, 1.807) is 19.1 Å². The number of amides is 2. The molecule has 1 atom stereocenters. The van der Waals surface area contributed by atoms with Gasteiger partial charge in [-0.3, -0.25) is 13.9 Å². The van der Waals surface area contributed by atoms with Gasteiger partial charge in [0.15, 0.2) is 0 Å². The van der Waals surface area contributed by atoms with Crippen molar-refractivity contribution in [3.8, 4) is 0 Å². The molecule has 0 aromatic heterocycles. The molecule has 0 aliphatic carbocycles. The summed E-state index contributed by atoms with van der Waals surface area (Å²) >= 11 is 6.32. The van der Waals surface area contributed by atoms with Crippen LogP contribution in [0.4, 0.5) is 5.69 Å². The maximum atomic E-state index is 13.3. The number of aryl methyl sites for hydroxylation is 2. The Labute approximate surface area is 214 Å². The van der Waals surface area contributed by atoms with Crippen LogP contribution in [0.2, 0.25) is 5.02 Å².